The van der Waals surface area contributed by atoms with E-state index >= 15 is 0 Å². The minimum Gasteiger partial charge on any atom is -0.547 e. The Hall–Kier alpha value is -1.14. The number of hydrogen-bond acceptors (Lipinski definition) is 4. The van der Waals surface area contributed by atoms with Crippen molar-refractivity contribution >= 4 is 11.9 Å². The summed E-state index contributed by atoms with van der Waals surface area (Å²) in [5, 5.41) is 18.3. The van der Waals surface area contributed by atoms with Crippen LogP contribution in [0.5, 0.6) is 0 Å². The number of carbonyl (C=O) groups excluding carboxylic acids is 2. The summed E-state index contributed by atoms with van der Waals surface area (Å²) < 4.78 is 0. The third kappa shape index (κ3) is 29.2. The lowest BCUT2D eigenvalue weighted by Gasteiger charge is -2.08. The SMILES string of the molecule is CC(O)C(=O)[O-].CCCCCCCCCCCCCCCCCC(=O)N[NH+](C)C. The summed E-state index contributed by atoms with van der Waals surface area (Å²) in [5.41, 5.74) is 2.87. The highest BCUT2D eigenvalue weighted by atomic mass is 16.4. The summed E-state index contributed by atoms with van der Waals surface area (Å²) in [5.74, 6) is -1.25. The van der Waals surface area contributed by atoms with E-state index in [1.165, 1.54) is 89.9 Å². The molecule has 0 aliphatic carbocycles. The maximum Gasteiger partial charge on any atom is 0.264 e. The summed E-state index contributed by atoms with van der Waals surface area (Å²) in [6, 6.07) is 0. The van der Waals surface area contributed by atoms with Crippen molar-refractivity contribution in [2.24, 2.45) is 0 Å². The highest BCUT2D eigenvalue weighted by Gasteiger charge is 2.03. The number of amides is 1. The molecule has 0 spiro atoms. The van der Waals surface area contributed by atoms with Crippen LogP contribution in [0.3, 0.4) is 0 Å². The average molecular weight is 417 g/mol. The van der Waals surface area contributed by atoms with Crippen molar-refractivity contribution in [3.63, 3.8) is 0 Å². The van der Waals surface area contributed by atoms with Gasteiger partial charge in [-0.25, -0.2) is 10.4 Å². The minimum atomic E-state index is -1.44. The number of hydrogen-bond donors (Lipinski definition) is 3. The maximum atomic E-state index is 11.5. The predicted octanol–water partition coefficient (Wildman–Crippen LogP) is 2.54. The molecule has 6 nitrogen and oxygen atoms in total. The van der Waals surface area contributed by atoms with Gasteiger partial charge in [-0.3, -0.25) is 4.79 Å². The van der Waals surface area contributed by atoms with Crippen LogP contribution in [-0.4, -0.2) is 37.2 Å². The number of unbranched alkanes of at least 4 members (excludes halogenated alkanes) is 14. The molecule has 1 amide bonds. The van der Waals surface area contributed by atoms with Gasteiger partial charge in [-0.2, -0.15) is 0 Å². The van der Waals surface area contributed by atoms with Gasteiger partial charge in [-0.05, 0) is 13.3 Å². The van der Waals surface area contributed by atoms with Gasteiger partial charge >= 0.3 is 0 Å². The molecular weight excluding hydrogens is 368 g/mol. The fourth-order valence-electron chi connectivity index (χ4n) is 3.00. The van der Waals surface area contributed by atoms with Crippen LogP contribution in [-0.2, 0) is 9.59 Å². The van der Waals surface area contributed by atoms with Crippen LogP contribution in [0.2, 0.25) is 0 Å². The van der Waals surface area contributed by atoms with Crippen LogP contribution >= 0.6 is 0 Å². The number of carboxylic acid groups (broad SMARTS) is 1. The number of aliphatic carboxylic acids is 1. The largest absolute Gasteiger partial charge is 0.547 e. The molecule has 6 heteroatoms. The van der Waals surface area contributed by atoms with Crippen molar-refractivity contribution in [1.82, 2.24) is 5.43 Å². The van der Waals surface area contributed by atoms with Gasteiger partial charge in [-0.1, -0.05) is 96.8 Å². The molecule has 0 aromatic rings. The van der Waals surface area contributed by atoms with E-state index in [0.29, 0.717) is 6.42 Å². The zero-order chi connectivity index (χ0) is 22.3. The quantitative estimate of drug-likeness (QED) is 0.236. The van der Waals surface area contributed by atoms with Crippen LogP contribution in [0, 0.1) is 0 Å². The lowest BCUT2D eigenvalue weighted by atomic mass is 10.0. The fourth-order valence-corrected chi connectivity index (χ4v) is 3.00. The molecule has 0 fully saturated rings. The van der Waals surface area contributed by atoms with Gasteiger partial charge in [0.1, 0.15) is 0 Å². The van der Waals surface area contributed by atoms with Crippen molar-refractivity contribution in [1.29, 1.82) is 0 Å². The van der Waals surface area contributed by atoms with E-state index in [9.17, 15) is 14.7 Å². The Morgan fingerprint density at radius 1 is 0.793 bits per heavy atom. The molecular formula is C23H48N2O4. The van der Waals surface area contributed by atoms with E-state index in [4.69, 9.17) is 5.11 Å². The molecule has 0 saturated heterocycles. The fraction of sp³-hybridized carbons (Fsp3) is 0.913. The average Bonchev–Trinajstić information content (AvgIpc) is 2.64. The Balaban J connectivity index is 0. The predicted molar refractivity (Wildman–Crippen MR) is 117 cm³/mol. The Bertz CT molecular complexity index is 374. The van der Waals surface area contributed by atoms with E-state index < -0.39 is 12.1 Å². The van der Waals surface area contributed by atoms with Gasteiger partial charge in [0.2, 0.25) is 0 Å². The van der Waals surface area contributed by atoms with E-state index in [1.54, 1.807) is 0 Å². The van der Waals surface area contributed by atoms with Gasteiger partial charge < -0.3 is 15.0 Å². The molecule has 0 aromatic carbocycles. The first kappa shape index (κ1) is 30.1. The highest BCUT2D eigenvalue weighted by molar-refractivity contribution is 5.74. The Morgan fingerprint density at radius 3 is 1.38 bits per heavy atom. The summed E-state index contributed by atoms with van der Waals surface area (Å²) in [7, 11) is 3.87. The molecule has 0 heterocycles. The zero-order valence-electron chi connectivity index (χ0n) is 19.6. The van der Waals surface area contributed by atoms with Crippen LogP contribution in [0.15, 0.2) is 0 Å². The summed E-state index contributed by atoms with van der Waals surface area (Å²) in [6.07, 6.45) is 19.8. The van der Waals surface area contributed by atoms with Crippen LogP contribution < -0.4 is 15.5 Å². The molecule has 0 aliphatic rings. The van der Waals surface area contributed by atoms with E-state index in [-0.39, 0.29) is 5.91 Å². The molecule has 1 unspecified atom stereocenters. The third-order valence-electron chi connectivity index (χ3n) is 4.74. The standard InChI is InChI=1S/C20H42N2O.C3H6O3/c1-4-5-6-7-8-9-10-11-12-13-14-15-16-17-18-19-20(23)21-22(2)3;1-2(4)3(5)6/h4-19H2,1-3H3,(H,21,23);2,4H,1H3,(H,5,6). The first-order valence-corrected chi connectivity index (χ1v) is 11.8. The molecule has 0 aromatic heterocycles. The molecule has 0 bridgehead atoms. The molecule has 0 rings (SSSR count). The van der Waals surface area contributed by atoms with Crippen molar-refractivity contribution < 1.29 is 24.8 Å². The van der Waals surface area contributed by atoms with Crippen molar-refractivity contribution in [3.8, 4) is 0 Å². The monoisotopic (exact) mass is 416 g/mol. The number of nitrogens with one attached hydrogen (secondary N) is 2. The first-order valence-electron chi connectivity index (χ1n) is 11.8. The van der Waals surface area contributed by atoms with Gasteiger partial charge in [-0.15, -0.1) is 0 Å². The van der Waals surface area contributed by atoms with Gasteiger partial charge in [0.15, 0.2) is 0 Å². The molecule has 0 saturated carbocycles. The lowest BCUT2D eigenvalue weighted by Crippen LogP contribution is -3.13. The molecule has 0 aliphatic heterocycles. The second kappa shape index (κ2) is 23.1. The normalized spacial score (nSPS) is 11.7. The maximum absolute atomic E-state index is 11.5. The van der Waals surface area contributed by atoms with Crippen LogP contribution in [0.1, 0.15) is 117 Å². The van der Waals surface area contributed by atoms with Crippen molar-refractivity contribution in [3.05, 3.63) is 0 Å². The summed E-state index contributed by atoms with van der Waals surface area (Å²) in [6.45, 7) is 3.41. The van der Waals surface area contributed by atoms with Crippen LogP contribution in [0.4, 0.5) is 0 Å². The number of aliphatic hydroxyl groups is 1. The Labute approximate surface area is 179 Å². The number of aliphatic hydroxyl groups excluding tert-OH is 1. The Morgan fingerprint density at radius 2 is 1.10 bits per heavy atom. The second-order valence-corrected chi connectivity index (χ2v) is 8.24. The molecule has 3 N–H and O–H groups in total. The smallest absolute Gasteiger partial charge is 0.264 e. The molecule has 29 heavy (non-hydrogen) atoms. The molecule has 174 valence electrons. The highest BCUT2D eigenvalue weighted by Crippen LogP contribution is 2.13. The number of rotatable bonds is 18. The lowest BCUT2D eigenvalue weighted by molar-refractivity contribution is -0.896. The number of carbonyl (C=O) groups is 2. The van der Waals surface area contributed by atoms with Gasteiger partial charge in [0.05, 0.1) is 26.2 Å². The van der Waals surface area contributed by atoms with Gasteiger partial charge in [0.25, 0.3) is 5.91 Å². The zero-order valence-corrected chi connectivity index (χ0v) is 19.6. The third-order valence-corrected chi connectivity index (χ3v) is 4.74. The van der Waals surface area contributed by atoms with Crippen molar-refractivity contribution in [2.75, 3.05) is 14.1 Å². The topological polar surface area (TPSA) is 93.9 Å². The van der Waals surface area contributed by atoms with E-state index in [0.717, 1.165) is 18.4 Å². The second-order valence-electron chi connectivity index (χ2n) is 8.24. The van der Waals surface area contributed by atoms with Gasteiger partial charge in [0, 0.05) is 6.42 Å². The van der Waals surface area contributed by atoms with E-state index in [1.807, 2.05) is 14.1 Å². The first-order chi connectivity index (χ1) is 13.8. The summed E-state index contributed by atoms with van der Waals surface area (Å²) >= 11 is 0. The molecule has 1 atom stereocenters. The minimum absolute atomic E-state index is 0.180. The number of quaternary nitrogens is 1. The Kier molecular flexibility index (Phi) is 24.0. The number of carboxylic acids is 1. The van der Waals surface area contributed by atoms with Crippen LogP contribution in [0.25, 0.3) is 0 Å². The van der Waals surface area contributed by atoms with E-state index in [2.05, 4.69) is 12.3 Å². The van der Waals surface area contributed by atoms with Crippen molar-refractivity contribution in [2.45, 2.75) is 123 Å². The summed E-state index contributed by atoms with van der Waals surface area (Å²) in [4.78, 5) is 20.8. The molecule has 0 radical (unpaired) electrons.